The van der Waals surface area contributed by atoms with Crippen LogP contribution in [0, 0.1) is 29.4 Å². The fourth-order valence-corrected chi connectivity index (χ4v) is 6.12. The second kappa shape index (κ2) is 7.76. The molecule has 0 radical (unpaired) electrons. The van der Waals surface area contributed by atoms with Crippen molar-refractivity contribution in [1.29, 1.82) is 0 Å². The number of nitrogens with zero attached hydrogens (tertiary/aromatic N) is 5. The molecule has 4 aromatic rings. The van der Waals surface area contributed by atoms with E-state index in [9.17, 15) is 8.78 Å². The van der Waals surface area contributed by atoms with Crippen molar-refractivity contribution in [2.75, 3.05) is 0 Å². The lowest BCUT2D eigenvalue weighted by atomic mass is 9.66. The number of hydrogen-bond acceptors (Lipinski definition) is 6. The minimum Gasteiger partial charge on any atom is -0.443 e. The highest BCUT2D eigenvalue weighted by Crippen LogP contribution is 2.69. The Morgan fingerprint density at radius 3 is 2.64 bits per heavy atom. The predicted molar refractivity (Wildman–Crippen MR) is 129 cm³/mol. The minimum atomic E-state index is -0.663. The maximum atomic E-state index is 14.5. The average molecular weight is 484 g/mol. The Balaban J connectivity index is 1.48. The standard InChI is InChI=1S/C28H23F2N5O/c1-5-15(2)22-14-36-26(33-22)21-12-31-13-23(32-21)28-10-9-17(27(28,3)4)16-11-20(34-35-25(16)28)24-18(29)7-6-8-19(24)30/h1,6-8,11-15,17H,9-10H2,2-4H3/t15-,17-,28-/m0/s1. The Labute approximate surface area is 207 Å². The molecule has 0 saturated heterocycles. The van der Waals surface area contributed by atoms with E-state index >= 15 is 0 Å². The maximum absolute atomic E-state index is 14.5. The molecular weight excluding hydrogens is 460 g/mol. The quantitative estimate of drug-likeness (QED) is 0.341. The second-order valence-electron chi connectivity index (χ2n) is 10.1. The van der Waals surface area contributed by atoms with E-state index in [1.54, 1.807) is 24.7 Å². The molecule has 1 fully saturated rings. The summed E-state index contributed by atoms with van der Waals surface area (Å²) >= 11 is 0. The van der Waals surface area contributed by atoms with Crippen LogP contribution in [0.5, 0.6) is 0 Å². The number of terminal acetylenes is 1. The van der Waals surface area contributed by atoms with Gasteiger partial charge in [-0.3, -0.25) is 4.98 Å². The molecule has 6 rings (SSSR count). The fourth-order valence-electron chi connectivity index (χ4n) is 6.12. The largest absolute Gasteiger partial charge is 0.443 e. The van der Waals surface area contributed by atoms with Crippen molar-refractivity contribution >= 4 is 0 Å². The van der Waals surface area contributed by atoms with Crippen LogP contribution in [0.15, 0.2) is 47.3 Å². The van der Waals surface area contributed by atoms with Gasteiger partial charge in [-0.05, 0) is 54.9 Å². The Morgan fingerprint density at radius 2 is 1.89 bits per heavy atom. The Bertz CT molecular complexity index is 1540. The van der Waals surface area contributed by atoms with E-state index in [4.69, 9.17) is 15.8 Å². The van der Waals surface area contributed by atoms with Crippen LogP contribution >= 0.6 is 0 Å². The van der Waals surface area contributed by atoms with Gasteiger partial charge in [0.2, 0.25) is 5.89 Å². The molecule has 8 heteroatoms. The maximum Gasteiger partial charge on any atom is 0.246 e. The summed E-state index contributed by atoms with van der Waals surface area (Å²) in [6.45, 7) is 6.24. The van der Waals surface area contributed by atoms with Crippen LogP contribution in [0.3, 0.4) is 0 Å². The third kappa shape index (κ3) is 2.92. The molecule has 0 unspecified atom stereocenters. The molecule has 3 aromatic heterocycles. The van der Waals surface area contributed by atoms with E-state index in [-0.39, 0.29) is 28.5 Å². The lowest BCUT2D eigenvalue weighted by molar-refractivity contribution is 0.242. The number of fused-ring (bicyclic) bond motifs is 5. The first-order valence-electron chi connectivity index (χ1n) is 11.8. The summed E-state index contributed by atoms with van der Waals surface area (Å²) in [5.74, 6) is 1.62. The summed E-state index contributed by atoms with van der Waals surface area (Å²) in [6.07, 6.45) is 12.1. The highest BCUT2D eigenvalue weighted by atomic mass is 19.1. The molecule has 3 atom stereocenters. The summed E-state index contributed by atoms with van der Waals surface area (Å²) in [7, 11) is 0. The molecule has 3 heterocycles. The van der Waals surface area contributed by atoms with Crippen molar-refractivity contribution in [3.05, 3.63) is 77.2 Å². The van der Waals surface area contributed by atoms with Gasteiger partial charge in [-0.1, -0.05) is 25.8 Å². The summed E-state index contributed by atoms with van der Waals surface area (Å²) in [4.78, 5) is 13.9. The van der Waals surface area contributed by atoms with Crippen LogP contribution in [0.25, 0.3) is 22.8 Å². The minimum absolute atomic E-state index is 0.131. The van der Waals surface area contributed by atoms with E-state index < -0.39 is 17.0 Å². The first-order valence-corrected chi connectivity index (χ1v) is 11.8. The van der Waals surface area contributed by atoms with Gasteiger partial charge in [0.05, 0.1) is 45.9 Å². The van der Waals surface area contributed by atoms with Gasteiger partial charge < -0.3 is 4.42 Å². The molecule has 36 heavy (non-hydrogen) atoms. The van der Waals surface area contributed by atoms with E-state index in [0.717, 1.165) is 29.8 Å². The lowest BCUT2D eigenvalue weighted by Gasteiger charge is -2.37. The summed E-state index contributed by atoms with van der Waals surface area (Å²) in [5.41, 5.74) is 2.84. The zero-order chi connectivity index (χ0) is 25.2. The number of benzene rings is 1. The summed E-state index contributed by atoms with van der Waals surface area (Å²) in [6, 6.07) is 5.58. The van der Waals surface area contributed by atoms with Crippen LogP contribution in [0.2, 0.25) is 0 Å². The van der Waals surface area contributed by atoms with E-state index in [1.165, 1.54) is 18.2 Å². The van der Waals surface area contributed by atoms with Gasteiger partial charge >= 0.3 is 0 Å². The highest BCUT2D eigenvalue weighted by molar-refractivity contribution is 5.64. The van der Waals surface area contributed by atoms with Gasteiger partial charge in [-0.15, -0.1) is 11.5 Å². The molecule has 0 spiro atoms. The van der Waals surface area contributed by atoms with Crippen molar-refractivity contribution in [1.82, 2.24) is 25.1 Å². The third-order valence-electron chi connectivity index (χ3n) is 8.11. The second-order valence-corrected chi connectivity index (χ2v) is 10.1. The third-order valence-corrected chi connectivity index (χ3v) is 8.11. The first-order chi connectivity index (χ1) is 17.3. The van der Waals surface area contributed by atoms with Gasteiger partial charge in [0, 0.05) is 6.20 Å². The predicted octanol–water partition coefficient (Wildman–Crippen LogP) is 5.81. The van der Waals surface area contributed by atoms with Crippen LogP contribution in [-0.2, 0) is 5.41 Å². The number of oxazole rings is 1. The van der Waals surface area contributed by atoms with Crippen molar-refractivity contribution < 1.29 is 13.2 Å². The lowest BCUT2D eigenvalue weighted by Crippen LogP contribution is -2.38. The number of aromatic nitrogens is 5. The fraction of sp³-hybridized carbons (Fsp3) is 0.321. The molecule has 2 aliphatic carbocycles. The SMILES string of the molecule is C#C[C@H](C)c1coc(-c2cncc([C@@]34CC[C@@H](c5cc(-c6c(F)cccc6F)nnc53)C4(C)C)n2)n1. The summed E-state index contributed by atoms with van der Waals surface area (Å²) in [5, 5.41) is 8.86. The highest BCUT2D eigenvalue weighted by Gasteiger charge is 2.65. The smallest absolute Gasteiger partial charge is 0.246 e. The molecular formula is C28H23F2N5O. The number of hydrogen-bond donors (Lipinski definition) is 0. The molecule has 2 bridgehead atoms. The van der Waals surface area contributed by atoms with Gasteiger partial charge in [0.15, 0.2) is 0 Å². The monoisotopic (exact) mass is 483 g/mol. The van der Waals surface area contributed by atoms with E-state index in [1.807, 2.05) is 6.92 Å². The van der Waals surface area contributed by atoms with Crippen molar-refractivity contribution in [2.45, 2.75) is 50.9 Å². The molecule has 0 amide bonds. The Hall–Kier alpha value is -3.99. The number of rotatable bonds is 4. The van der Waals surface area contributed by atoms with Crippen molar-refractivity contribution in [2.24, 2.45) is 5.41 Å². The van der Waals surface area contributed by atoms with Crippen LogP contribution in [0.1, 0.15) is 68.1 Å². The molecule has 1 aromatic carbocycles. The Morgan fingerprint density at radius 1 is 1.11 bits per heavy atom. The van der Waals surface area contributed by atoms with Gasteiger partial charge in [-0.2, -0.15) is 5.10 Å². The van der Waals surface area contributed by atoms with Gasteiger partial charge in [0.1, 0.15) is 23.6 Å². The zero-order valence-electron chi connectivity index (χ0n) is 20.1. The van der Waals surface area contributed by atoms with Crippen molar-refractivity contribution in [3.63, 3.8) is 0 Å². The van der Waals surface area contributed by atoms with Crippen LogP contribution in [-0.4, -0.2) is 25.1 Å². The Kier molecular flexibility index (Phi) is 4.84. The zero-order valence-corrected chi connectivity index (χ0v) is 20.1. The molecule has 6 nitrogen and oxygen atoms in total. The van der Waals surface area contributed by atoms with Gasteiger partial charge in [0.25, 0.3) is 0 Å². The first kappa shape index (κ1) is 22.5. The average Bonchev–Trinajstić information content (AvgIpc) is 3.52. The normalized spacial score (nSPS) is 22.3. The molecule has 0 aliphatic heterocycles. The van der Waals surface area contributed by atoms with E-state index in [2.05, 4.69) is 39.9 Å². The summed E-state index contributed by atoms with van der Waals surface area (Å²) < 4.78 is 34.7. The molecule has 180 valence electrons. The number of halogens is 2. The van der Waals surface area contributed by atoms with Crippen molar-refractivity contribution in [3.8, 4) is 35.2 Å². The topological polar surface area (TPSA) is 77.6 Å². The van der Waals surface area contributed by atoms with Crippen LogP contribution < -0.4 is 0 Å². The molecule has 0 N–H and O–H groups in total. The van der Waals surface area contributed by atoms with E-state index in [0.29, 0.717) is 17.3 Å². The van der Waals surface area contributed by atoms with Gasteiger partial charge in [-0.25, -0.2) is 18.7 Å². The van der Waals surface area contributed by atoms with Crippen LogP contribution in [0.4, 0.5) is 8.78 Å². The molecule has 1 saturated carbocycles. The molecule has 2 aliphatic rings.